The fourth-order valence-electron chi connectivity index (χ4n) is 2.55. The van der Waals surface area contributed by atoms with Crippen molar-refractivity contribution < 1.29 is 4.79 Å². The van der Waals surface area contributed by atoms with Crippen LogP contribution in [0.5, 0.6) is 0 Å². The van der Waals surface area contributed by atoms with Crippen molar-refractivity contribution in [2.45, 2.75) is 20.0 Å². The Balaban J connectivity index is 1.91. The Morgan fingerprint density at radius 3 is 2.70 bits per heavy atom. The maximum atomic E-state index is 12.7. The zero-order valence-electron chi connectivity index (χ0n) is 11.5. The molecule has 0 radical (unpaired) electrons. The molecule has 2 aromatic rings. The van der Waals surface area contributed by atoms with Crippen molar-refractivity contribution in [2.75, 3.05) is 11.4 Å². The van der Waals surface area contributed by atoms with E-state index in [4.69, 9.17) is 0 Å². The van der Waals surface area contributed by atoms with Crippen LogP contribution in [0.1, 0.15) is 28.4 Å². The number of pyridine rings is 1. The fraction of sp³-hybridized carbons (Fsp3) is 0.250. The number of hydrogen-bond donors (Lipinski definition) is 1. The van der Waals surface area contributed by atoms with Crippen LogP contribution >= 0.6 is 0 Å². The first-order chi connectivity index (χ1) is 9.79. The number of rotatable bonds is 3. The first-order valence-electron chi connectivity index (χ1n) is 6.84. The van der Waals surface area contributed by atoms with Crippen molar-refractivity contribution >= 4 is 11.6 Å². The summed E-state index contributed by atoms with van der Waals surface area (Å²) in [5.74, 6) is 0.0356. The van der Waals surface area contributed by atoms with E-state index in [2.05, 4.69) is 10.3 Å². The molecule has 0 saturated heterocycles. The molecule has 2 heterocycles. The Labute approximate surface area is 118 Å². The van der Waals surface area contributed by atoms with Crippen molar-refractivity contribution in [2.24, 2.45) is 0 Å². The van der Waals surface area contributed by atoms with Gasteiger partial charge in [-0.2, -0.15) is 0 Å². The second-order valence-corrected chi connectivity index (χ2v) is 4.84. The zero-order chi connectivity index (χ0) is 13.9. The minimum atomic E-state index is 0.0356. The predicted octanol–water partition coefficient (Wildman–Crippen LogP) is 2.35. The fourth-order valence-corrected chi connectivity index (χ4v) is 2.55. The number of nitrogens with one attached hydrogen (secondary N) is 1. The highest BCUT2D eigenvalue weighted by Gasteiger charge is 2.18. The minimum absolute atomic E-state index is 0.0356. The second-order valence-electron chi connectivity index (χ2n) is 4.84. The largest absolute Gasteiger partial charge is 0.309 e. The van der Waals surface area contributed by atoms with Crippen LogP contribution in [-0.2, 0) is 13.1 Å². The van der Waals surface area contributed by atoms with Crippen molar-refractivity contribution in [3.8, 4) is 0 Å². The quantitative estimate of drug-likeness (QED) is 0.928. The molecule has 1 aliphatic rings. The second kappa shape index (κ2) is 5.43. The number of aromatic nitrogens is 1. The molecule has 1 aromatic carbocycles. The van der Waals surface area contributed by atoms with Crippen LogP contribution in [0.3, 0.4) is 0 Å². The highest BCUT2D eigenvalue weighted by Crippen LogP contribution is 2.20. The SMILES string of the molecule is CCN(C(=O)c1ccc2c(c1)CNC2)c1ccncc1. The first kappa shape index (κ1) is 12.8. The Morgan fingerprint density at radius 2 is 1.95 bits per heavy atom. The van der Waals surface area contributed by atoms with Gasteiger partial charge in [0.05, 0.1) is 0 Å². The number of amides is 1. The predicted molar refractivity (Wildman–Crippen MR) is 78.6 cm³/mol. The minimum Gasteiger partial charge on any atom is -0.309 e. The van der Waals surface area contributed by atoms with Crippen LogP contribution in [0.15, 0.2) is 42.7 Å². The highest BCUT2D eigenvalue weighted by molar-refractivity contribution is 6.06. The van der Waals surface area contributed by atoms with Gasteiger partial charge in [0.1, 0.15) is 0 Å². The molecular weight excluding hydrogens is 250 g/mol. The van der Waals surface area contributed by atoms with Crippen molar-refractivity contribution in [1.29, 1.82) is 0 Å². The summed E-state index contributed by atoms with van der Waals surface area (Å²) in [5.41, 5.74) is 4.13. The van der Waals surface area contributed by atoms with Gasteiger partial charge in [0.15, 0.2) is 0 Å². The van der Waals surface area contributed by atoms with E-state index in [0.29, 0.717) is 6.54 Å². The molecule has 102 valence electrons. The molecule has 0 aliphatic carbocycles. The van der Waals surface area contributed by atoms with Crippen LogP contribution in [0, 0.1) is 0 Å². The summed E-state index contributed by atoms with van der Waals surface area (Å²) in [6.07, 6.45) is 3.41. The van der Waals surface area contributed by atoms with E-state index in [1.54, 1.807) is 17.3 Å². The monoisotopic (exact) mass is 267 g/mol. The van der Waals surface area contributed by atoms with Crippen molar-refractivity contribution in [3.05, 3.63) is 59.4 Å². The molecule has 1 aromatic heterocycles. The van der Waals surface area contributed by atoms with Crippen LogP contribution < -0.4 is 10.2 Å². The number of nitrogens with zero attached hydrogens (tertiary/aromatic N) is 2. The van der Waals surface area contributed by atoms with Gasteiger partial charge in [-0.15, -0.1) is 0 Å². The third kappa shape index (κ3) is 2.30. The molecule has 3 rings (SSSR count). The average Bonchev–Trinajstić information content (AvgIpc) is 2.96. The first-order valence-corrected chi connectivity index (χ1v) is 6.84. The Kier molecular flexibility index (Phi) is 3.48. The van der Waals surface area contributed by atoms with Gasteiger partial charge in [0.2, 0.25) is 0 Å². The molecule has 4 nitrogen and oxygen atoms in total. The normalized spacial score (nSPS) is 13.1. The zero-order valence-corrected chi connectivity index (χ0v) is 11.5. The molecule has 20 heavy (non-hydrogen) atoms. The molecule has 0 bridgehead atoms. The summed E-state index contributed by atoms with van der Waals surface area (Å²) in [4.78, 5) is 18.4. The van der Waals surface area contributed by atoms with Gasteiger partial charge < -0.3 is 10.2 Å². The van der Waals surface area contributed by atoms with Gasteiger partial charge in [0.25, 0.3) is 5.91 Å². The maximum Gasteiger partial charge on any atom is 0.258 e. The lowest BCUT2D eigenvalue weighted by Crippen LogP contribution is -2.30. The maximum absolute atomic E-state index is 12.7. The lowest BCUT2D eigenvalue weighted by Gasteiger charge is -2.21. The lowest BCUT2D eigenvalue weighted by molar-refractivity contribution is 0.0988. The van der Waals surface area contributed by atoms with Crippen LogP contribution in [0.25, 0.3) is 0 Å². The molecule has 0 unspecified atom stereocenters. The van der Waals surface area contributed by atoms with E-state index in [1.807, 2.05) is 37.3 Å². The molecule has 1 amide bonds. The topological polar surface area (TPSA) is 45.2 Å². The Bertz CT molecular complexity index is 625. The number of hydrogen-bond acceptors (Lipinski definition) is 3. The smallest absolute Gasteiger partial charge is 0.258 e. The summed E-state index contributed by atoms with van der Waals surface area (Å²) in [7, 11) is 0. The third-order valence-corrected chi connectivity index (χ3v) is 3.62. The standard InChI is InChI=1S/C16H17N3O/c1-2-19(15-5-7-17-8-6-15)16(20)12-3-4-13-10-18-11-14(13)9-12/h3-9,18H,2,10-11H2,1H3. The average molecular weight is 267 g/mol. The number of carbonyl (C=O) groups is 1. The number of carbonyl (C=O) groups excluding carboxylic acids is 1. The van der Waals surface area contributed by atoms with Gasteiger partial charge in [-0.1, -0.05) is 6.07 Å². The van der Waals surface area contributed by atoms with Gasteiger partial charge >= 0.3 is 0 Å². The molecule has 1 aliphatic heterocycles. The molecule has 0 spiro atoms. The lowest BCUT2D eigenvalue weighted by atomic mass is 10.1. The number of benzene rings is 1. The Hall–Kier alpha value is -2.20. The van der Waals surface area contributed by atoms with Crippen molar-refractivity contribution in [1.82, 2.24) is 10.3 Å². The highest BCUT2D eigenvalue weighted by atomic mass is 16.2. The summed E-state index contributed by atoms with van der Waals surface area (Å²) in [5, 5.41) is 3.30. The van der Waals surface area contributed by atoms with Crippen molar-refractivity contribution in [3.63, 3.8) is 0 Å². The van der Waals surface area contributed by atoms with E-state index in [-0.39, 0.29) is 5.91 Å². The van der Waals surface area contributed by atoms with E-state index >= 15 is 0 Å². The van der Waals surface area contributed by atoms with Crippen LogP contribution in [0.2, 0.25) is 0 Å². The van der Waals surface area contributed by atoms with Crippen LogP contribution in [-0.4, -0.2) is 17.4 Å². The Morgan fingerprint density at radius 1 is 1.20 bits per heavy atom. The van der Waals surface area contributed by atoms with E-state index in [0.717, 1.165) is 24.3 Å². The molecular formula is C16H17N3O. The molecule has 0 saturated carbocycles. The van der Waals surface area contributed by atoms with Gasteiger partial charge in [-0.25, -0.2) is 0 Å². The summed E-state index contributed by atoms with van der Waals surface area (Å²) in [6, 6.07) is 9.68. The van der Waals surface area contributed by atoms with E-state index < -0.39 is 0 Å². The van der Waals surface area contributed by atoms with E-state index in [9.17, 15) is 4.79 Å². The molecule has 0 fully saturated rings. The number of fused-ring (bicyclic) bond motifs is 1. The summed E-state index contributed by atoms with van der Waals surface area (Å²) >= 11 is 0. The molecule has 4 heteroatoms. The molecule has 1 N–H and O–H groups in total. The van der Waals surface area contributed by atoms with Gasteiger partial charge in [-0.05, 0) is 42.3 Å². The van der Waals surface area contributed by atoms with Gasteiger partial charge in [-0.3, -0.25) is 9.78 Å². The summed E-state index contributed by atoms with van der Waals surface area (Å²) in [6.45, 7) is 4.36. The van der Waals surface area contributed by atoms with E-state index in [1.165, 1.54) is 11.1 Å². The summed E-state index contributed by atoms with van der Waals surface area (Å²) < 4.78 is 0. The molecule has 0 atom stereocenters. The van der Waals surface area contributed by atoms with Crippen LogP contribution in [0.4, 0.5) is 5.69 Å². The van der Waals surface area contributed by atoms with Gasteiger partial charge in [0, 0.05) is 43.3 Å². The third-order valence-electron chi connectivity index (χ3n) is 3.62. The number of anilines is 1.